The number of rotatable bonds is 4. The first-order valence-electron chi connectivity index (χ1n) is 12.3. The molecule has 1 aromatic heterocycles. The normalized spacial score (nSPS) is 20.6. The Kier molecular flexibility index (Phi) is 6.38. The maximum atomic E-state index is 15.4. The van der Waals surface area contributed by atoms with Crippen LogP contribution in [0.25, 0.3) is 0 Å². The number of benzene rings is 1. The summed E-state index contributed by atoms with van der Waals surface area (Å²) in [4.78, 5) is 39.1. The molecule has 3 N–H and O–H groups in total. The van der Waals surface area contributed by atoms with Crippen molar-refractivity contribution in [3.8, 4) is 0 Å². The number of halogens is 1. The molecule has 3 amide bonds. The van der Waals surface area contributed by atoms with Crippen LogP contribution in [0.15, 0.2) is 35.7 Å². The summed E-state index contributed by atoms with van der Waals surface area (Å²) in [6, 6.07) is 4.39. The Labute approximate surface area is 208 Å². The number of nitrogens with zero attached hydrogens (tertiary/aromatic N) is 2. The minimum Gasteiger partial charge on any atom is -0.381 e. The van der Waals surface area contributed by atoms with E-state index in [9.17, 15) is 14.4 Å². The summed E-state index contributed by atoms with van der Waals surface area (Å²) in [5.74, 6) is -1.23. The van der Waals surface area contributed by atoms with E-state index in [1.54, 1.807) is 19.2 Å². The van der Waals surface area contributed by atoms with Crippen LogP contribution < -0.4 is 16.0 Å². The van der Waals surface area contributed by atoms with Crippen LogP contribution in [-0.4, -0.2) is 40.7 Å². The molecule has 190 valence electrons. The summed E-state index contributed by atoms with van der Waals surface area (Å²) >= 11 is 0. The van der Waals surface area contributed by atoms with E-state index < -0.39 is 23.0 Å². The lowest BCUT2D eigenvalue weighted by Gasteiger charge is -2.31. The van der Waals surface area contributed by atoms with E-state index in [2.05, 4.69) is 28.0 Å². The monoisotopic (exact) mass is 495 g/mol. The SMILES string of the molecule is CC1CCC(=C(NC(=O)c2ccnn2C)C(=O)Nc2cc(F)c3c(c2)NC(=O)C32CCOCC2)CC1. The van der Waals surface area contributed by atoms with Crippen molar-refractivity contribution >= 4 is 29.1 Å². The molecule has 2 fully saturated rings. The Bertz CT molecular complexity index is 1250. The van der Waals surface area contributed by atoms with E-state index in [1.807, 2.05) is 0 Å². The fraction of sp³-hybridized carbons (Fsp3) is 0.462. The topological polar surface area (TPSA) is 114 Å². The molecule has 0 bridgehead atoms. The molecule has 10 heteroatoms. The molecule has 3 aliphatic rings. The van der Waals surface area contributed by atoms with Crippen molar-refractivity contribution in [1.82, 2.24) is 15.1 Å². The second-order valence-corrected chi connectivity index (χ2v) is 9.94. The molecule has 3 heterocycles. The maximum Gasteiger partial charge on any atom is 0.274 e. The average Bonchev–Trinajstić information content (AvgIpc) is 3.39. The van der Waals surface area contributed by atoms with Gasteiger partial charge in [-0.25, -0.2) is 4.39 Å². The van der Waals surface area contributed by atoms with Gasteiger partial charge in [0.25, 0.3) is 11.8 Å². The van der Waals surface area contributed by atoms with Gasteiger partial charge in [-0.15, -0.1) is 0 Å². The van der Waals surface area contributed by atoms with Crippen LogP contribution in [0.4, 0.5) is 15.8 Å². The molecule has 1 aromatic carbocycles. The third-order valence-corrected chi connectivity index (χ3v) is 7.61. The van der Waals surface area contributed by atoms with Crippen LogP contribution in [0.3, 0.4) is 0 Å². The third kappa shape index (κ3) is 4.30. The lowest BCUT2D eigenvalue weighted by molar-refractivity contribution is -0.124. The van der Waals surface area contributed by atoms with E-state index in [0.717, 1.165) is 18.4 Å². The van der Waals surface area contributed by atoms with Crippen LogP contribution in [0, 0.1) is 11.7 Å². The van der Waals surface area contributed by atoms with E-state index in [0.29, 0.717) is 61.8 Å². The van der Waals surface area contributed by atoms with Crippen molar-refractivity contribution in [2.45, 2.75) is 50.9 Å². The molecule has 0 radical (unpaired) electrons. The summed E-state index contributed by atoms with van der Waals surface area (Å²) in [5, 5.41) is 12.3. The number of aryl methyl sites for hydroxylation is 1. The summed E-state index contributed by atoms with van der Waals surface area (Å²) in [5.41, 5.74) is 1.31. The molecule has 9 nitrogen and oxygen atoms in total. The van der Waals surface area contributed by atoms with Gasteiger partial charge in [0, 0.05) is 37.7 Å². The second-order valence-electron chi connectivity index (χ2n) is 9.94. The van der Waals surface area contributed by atoms with E-state index in [-0.39, 0.29) is 17.3 Å². The number of hydrogen-bond acceptors (Lipinski definition) is 5. The zero-order chi connectivity index (χ0) is 25.4. The first-order chi connectivity index (χ1) is 17.3. The largest absolute Gasteiger partial charge is 0.381 e. The van der Waals surface area contributed by atoms with Gasteiger partial charge in [-0.3, -0.25) is 19.1 Å². The Morgan fingerprint density at radius 2 is 1.94 bits per heavy atom. The van der Waals surface area contributed by atoms with E-state index >= 15 is 4.39 Å². The van der Waals surface area contributed by atoms with Crippen LogP contribution in [-0.2, 0) is 26.8 Å². The molecular weight excluding hydrogens is 465 g/mol. The molecule has 2 aliphatic heterocycles. The fourth-order valence-electron chi connectivity index (χ4n) is 5.45. The summed E-state index contributed by atoms with van der Waals surface area (Å²) < 4.78 is 22.2. The van der Waals surface area contributed by atoms with Crippen LogP contribution in [0.2, 0.25) is 0 Å². The smallest absolute Gasteiger partial charge is 0.274 e. The lowest BCUT2D eigenvalue weighted by atomic mass is 9.75. The fourth-order valence-corrected chi connectivity index (χ4v) is 5.45. The van der Waals surface area contributed by atoms with Gasteiger partial charge in [-0.05, 0) is 68.2 Å². The minimum atomic E-state index is -0.941. The van der Waals surface area contributed by atoms with Crippen molar-refractivity contribution in [2.75, 3.05) is 23.8 Å². The van der Waals surface area contributed by atoms with Gasteiger partial charge in [0.15, 0.2) is 0 Å². The number of hydrogen-bond donors (Lipinski definition) is 3. The van der Waals surface area contributed by atoms with Crippen LogP contribution in [0.5, 0.6) is 0 Å². The minimum absolute atomic E-state index is 0.180. The average molecular weight is 496 g/mol. The van der Waals surface area contributed by atoms with Gasteiger partial charge in [-0.1, -0.05) is 6.92 Å². The maximum absolute atomic E-state index is 15.4. The van der Waals surface area contributed by atoms with Crippen molar-refractivity contribution < 1.29 is 23.5 Å². The molecule has 0 atom stereocenters. The summed E-state index contributed by atoms with van der Waals surface area (Å²) in [7, 11) is 1.65. The van der Waals surface area contributed by atoms with Gasteiger partial charge in [0.2, 0.25) is 5.91 Å². The number of carbonyl (C=O) groups is 3. The standard InChI is InChI=1S/C26H30FN5O4/c1-15-3-5-16(6-4-15)22(31-23(33)20-7-10-28-32(20)2)24(34)29-17-13-18(27)21-19(14-17)30-25(35)26(21)8-11-36-12-9-26/h7,10,13-15H,3-6,8-9,11-12H2,1-2H3,(H,29,34)(H,30,35)(H,31,33). The second kappa shape index (κ2) is 9.50. The molecule has 0 unspecified atom stereocenters. The van der Waals surface area contributed by atoms with Crippen molar-refractivity contribution in [2.24, 2.45) is 13.0 Å². The summed E-state index contributed by atoms with van der Waals surface area (Å²) in [6.45, 7) is 2.94. The quantitative estimate of drug-likeness (QED) is 0.563. The number of allylic oxidation sites excluding steroid dienone is 1. The van der Waals surface area contributed by atoms with Gasteiger partial charge < -0.3 is 20.7 Å². The van der Waals surface area contributed by atoms with Crippen LogP contribution in [0.1, 0.15) is 61.5 Å². The first kappa shape index (κ1) is 24.2. The Morgan fingerprint density at radius 3 is 2.61 bits per heavy atom. The predicted octanol–water partition coefficient (Wildman–Crippen LogP) is 3.39. The number of nitrogens with one attached hydrogen (secondary N) is 3. The molecule has 1 saturated heterocycles. The summed E-state index contributed by atoms with van der Waals surface area (Å²) in [6.07, 6.45) is 5.53. The highest BCUT2D eigenvalue weighted by molar-refractivity contribution is 6.10. The molecule has 36 heavy (non-hydrogen) atoms. The van der Waals surface area contributed by atoms with E-state index in [4.69, 9.17) is 4.74 Å². The highest BCUT2D eigenvalue weighted by Crippen LogP contribution is 2.47. The number of amides is 3. The molecule has 1 saturated carbocycles. The molecule has 1 spiro atoms. The van der Waals surface area contributed by atoms with Crippen molar-refractivity contribution in [3.05, 3.63) is 52.7 Å². The Balaban J connectivity index is 1.43. The highest BCUT2D eigenvalue weighted by Gasteiger charge is 2.49. The molecular formula is C26H30FN5O4. The van der Waals surface area contributed by atoms with Gasteiger partial charge >= 0.3 is 0 Å². The first-order valence-corrected chi connectivity index (χ1v) is 12.3. The van der Waals surface area contributed by atoms with Gasteiger partial charge in [-0.2, -0.15) is 5.10 Å². The number of anilines is 2. The number of ether oxygens (including phenoxy) is 1. The van der Waals surface area contributed by atoms with Crippen LogP contribution >= 0.6 is 0 Å². The molecule has 2 aromatic rings. The lowest BCUT2D eigenvalue weighted by Crippen LogP contribution is -2.40. The number of fused-ring (bicyclic) bond motifs is 2. The van der Waals surface area contributed by atoms with Gasteiger partial charge in [0.05, 0.1) is 11.1 Å². The van der Waals surface area contributed by atoms with Crippen molar-refractivity contribution in [3.63, 3.8) is 0 Å². The molecule has 5 rings (SSSR count). The van der Waals surface area contributed by atoms with Gasteiger partial charge in [0.1, 0.15) is 17.2 Å². The van der Waals surface area contributed by atoms with E-state index in [1.165, 1.54) is 16.9 Å². The third-order valence-electron chi connectivity index (χ3n) is 7.61. The zero-order valence-electron chi connectivity index (χ0n) is 20.4. The predicted molar refractivity (Wildman–Crippen MR) is 131 cm³/mol. The number of aromatic nitrogens is 2. The Hall–Kier alpha value is -3.53. The highest BCUT2D eigenvalue weighted by atomic mass is 19.1. The Morgan fingerprint density at radius 1 is 1.22 bits per heavy atom. The van der Waals surface area contributed by atoms with Crippen molar-refractivity contribution in [1.29, 1.82) is 0 Å². The number of carbonyl (C=O) groups excluding carboxylic acids is 3. The zero-order valence-corrected chi connectivity index (χ0v) is 20.4. The molecule has 1 aliphatic carbocycles.